The molecule has 3 rings (SSSR count). The van der Waals surface area contributed by atoms with Crippen LogP contribution in [-0.4, -0.2) is 22.9 Å². The zero-order chi connectivity index (χ0) is 20.3. The van der Waals surface area contributed by atoms with Crippen LogP contribution in [0.2, 0.25) is 0 Å². The summed E-state index contributed by atoms with van der Waals surface area (Å²) in [6.07, 6.45) is 3.09. The molecule has 7 heteroatoms. The first-order valence-corrected chi connectivity index (χ1v) is 9.28. The molecule has 0 saturated carbocycles. The molecule has 28 heavy (non-hydrogen) atoms. The number of unbranched alkanes of at least 4 members (excludes halogenated alkanes) is 1. The van der Waals surface area contributed by atoms with Crippen molar-refractivity contribution >= 4 is 40.8 Å². The van der Waals surface area contributed by atoms with E-state index in [1.807, 2.05) is 12.1 Å². The average molecular weight is 399 g/mol. The highest BCUT2D eigenvalue weighted by Crippen LogP contribution is 2.30. The predicted molar refractivity (Wildman–Crippen MR) is 107 cm³/mol. The summed E-state index contributed by atoms with van der Waals surface area (Å²) in [4.78, 5) is 37.4. The van der Waals surface area contributed by atoms with Gasteiger partial charge in [0.25, 0.3) is 11.8 Å². The van der Waals surface area contributed by atoms with E-state index in [9.17, 15) is 14.4 Å². The number of imide groups is 1. The Kier molecular flexibility index (Phi) is 5.80. The highest BCUT2D eigenvalue weighted by molar-refractivity contribution is 6.53. The molecule has 0 spiro atoms. The van der Waals surface area contributed by atoms with E-state index in [0.717, 1.165) is 29.7 Å². The number of benzene rings is 2. The third kappa shape index (κ3) is 3.92. The van der Waals surface area contributed by atoms with E-state index in [1.165, 1.54) is 18.2 Å². The van der Waals surface area contributed by atoms with Crippen LogP contribution in [0.4, 0.5) is 11.4 Å². The monoisotopic (exact) mass is 398 g/mol. The number of carboxylic acid groups (broad SMARTS) is 1. The van der Waals surface area contributed by atoms with Gasteiger partial charge in [-0.05, 0) is 48.7 Å². The summed E-state index contributed by atoms with van der Waals surface area (Å²) in [5.41, 5.74) is 1.89. The van der Waals surface area contributed by atoms with Crippen molar-refractivity contribution in [2.24, 2.45) is 0 Å². The number of amides is 2. The Bertz CT molecular complexity index is 967. The van der Waals surface area contributed by atoms with Crippen LogP contribution in [0.1, 0.15) is 35.7 Å². The van der Waals surface area contributed by atoms with Crippen molar-refractivity contribution in [1.82, 2.24) is 0 Å². The zero-order valence-corrected chi connectivity index (χ0v) is 16.0. The number of halogens is 1. The Morgan fingerprint density at radius 1 is 1.11 bits per heavy atom. The van der Waals surface area contributed by atoms with Crippen LogP contribution in [0.5, 0.6) is 0 Å². The van der Waals surface area contributed by atoms with Gasteiger partial charge in [0.1, 0.15) is 10.7 Å². The molecule has 0 saturated heterocycles. The SMILES string of the molecule is CCCCc1ccc(N2C(=O)C(Cl)=C(Nc3cccc(C(=O)O)c3)C2=O)cc1. The van der Waals surface area contributed by atoms with Gasteiger partial charge in [-0.3, -0.25) is 9.59 Å². The summed E-state index contributed by atoms with van der Waals surface area (Å²) in [6.45, 7) is 2.12. The van der Waals surface area contributed by atoms with Crippen LogP contribution < -0.4 is 10.2 Å². The largest absolute Gasteiger partial charge is 0.478 e. The molecule has 0 fully saturated rings. The fourth-order valence-electron chi connectivity index (χ4n) is 2.91. The van der Waals surface area contributed by atoms with Gasteiger partial charge in [-0.25, -0.2) is 9.69 Å². The van der Waals surface area contributed by atoms with E-state index >= 15 is 0 Å². The summed E-state index contributed by atoms with van der Waals surface area (Å²) >= 11 is 6.11. The normalized spacial score (nSPS) is 14.0. The van der Waals surface area contributed by atoms with Crippen LogP contribution >= 0.6 is 11.6 Å². The zero-order valence-electron chi connectivity index (χ0n) is 15.2. The van der Waals surface area contributed by atoms with Crippen LogP contribution in [0, 0.1) is 0 Å². The van der Waals surface area contributed by atoms with Gasteiger partial charge in [0.2, 0.25) is 0 Å². The molecule has 0 aliphatic carbocycles. The molecule has 1 aliphatic heterocycles. The Labute approximate surface area is 167 Å². The molecule has 0 aromatic heterocycles. The van der Waals surface area contributed by atoms with E-state index in [4.69, 9.17) is 16.7 Å². The number of aromatic carboxylic acids is 1. The van der Waals surface area contributed by atoms with Gasteiger partial charge in [0, 0.05) is 5.69 Å². The lowest BCUT2D eigenvalue weighted by Gasteiger charge is -2.15. The fourth-order valence-corrected chi connectivity index (χ4v) is 3.13. The van der Waals surface area contributed by atoms with Gasteiger partial charge in [-0.15, -0.1) is 0 Å². The maximum absolute atomic E-state index is 12.8. The molecule has 2 aromatic carbocycles. The molecule has 1 aliphatic rings. The molecular weight excluding hydrogens is 380 g/mol. The first kappa shape index (κ1) is 19.6. The number of nitrogens with one attached hydrogen (secondary N) is 1. The maximum atomic E-state index is 12.8. The van der Waals surface area contributed by atoms with Gasteiger partial charge in [0.05, 0.1) is 11.3 Å². The number of hydrogen-bond acceptors (Lipinski definition) is 4. The number of carboxylic acids is 1. The number of carbonyl (C=O) groups excluding carboxylic acids is 2. The number of carbonyl (C=O) groups is 3. The third-order valence-corrected chi connectivity index (χ3v) is 4.77. The third-order valence-electron chi connectivity index (χ3n) is 4.42. The second kappa shape index (κ2) is 8.27. The van der Waals surface area contributed by atoms with Crippen molar-refractivity contribution in [2.45, 2.75) is 26.2 Å². The van der Waals surface area contributed by atoms with Gasteiger partial charge < -0.3 is 10.4 Å². The summed E-state index contributed by atoms with van der Waals surface area (Å²) in [5, 5.41) is 11.6. The molecule has 2 amide bonds. The van der Waals surface area contributed by atoms with Crippen molar-refractivity contribution in [3.8, 4) is 0 Å². The van der Waals surface area contributed by atoms with Crippen molar-refractivity contribution in [3.05, 3.63) is 70.4 Å². The predicted octanol–water partition coefficient (Wildman–Crippen LogP) is 4.16. The summed E-state index contributed by atoms with van der Waals surface area (Å²) in [5.74, 6) is -2.30. The fraction of sp³-hybridized carbons (Fsp3) is 0.190. The first-order valence-electron chi connectivity index (χ1n) is 8.90. The Balaban J connectivity index is 1.82. The topological polar surface area (TPSA) is 86.7 Å². The van der Waals surface area contributed by atoms with Crippen molar-refractivity contribution in [3.63, 3.8) is 0 Å². The molecule has 2 N–H and O–H groups in total. The van der Waals surface area contributed by atoms with E-state index in [-0.39, 0.29) is 16.3 Å². The number of rotatable bonds is 7. The van der Waals surface area contributed by atoms with Gasteiger partial charge in [-0.2, -0.15) is 0 Å². The quantitative estimate of drug-likeness (QED) is 0.684. The molecule has 2 aromatic rings. The van der Waals surface area contributed by atoms with E-state index in [2.05, 4.69) is 12.2 Å². The molecule has 0 atom stereocenters. The smallest absolute Gasteiger partial charge is 0.335 e. The number of aryl methyl sites for hydroxylation is 1. The molecule has 0 radical (unpaired) electrons. The molecular formula is C21H19ClN2O4. The van der Waals surface area contributed by atoms with Crippen LogP contribution in [-0.2, 0) is 16.0 Å². The summed E-state index contributed by atoms with van der Waals surface area (Å²) < 4.78 is 0. The van der Waals surface area contributed by atoms with Crippen molar-refractivity contribution < 1.29 is 19.5 Å². The molecule has 0 unspecified atom stereocenters. The minimum absolute atomic E-state index is 0.0537. The van der Waals surface area contributed by atoms with Crippen molar-refractivity contribution in [2.75, 3.05) is 10.2 Å². The lowest BCUT2D eigenvalue weighted by atomic mass is 10.1. The Morgan fingerprint density at radius 2 is 1.82 bits per heavy atom. The minimum atomic E-state index is -1.10. The minimum Gasteiger partial charge on any atom is -0.478 e. The molecule has 6 nitrogen and oxygen atoms in total. The van der Waals surface area contributed by atoms with E-state index < -0.39 is 17.8 Å². The lowest BCUT2D eigenvalue weighted by Crippen LogP contribution is -2.32. The second-order valence-electron chi connectivity index (χ2n) is 6.42. The van der Waals surface area contributed by atoms with Crippen LogP contribution in [0.25, 0.3) is 0 Å². The number of nitrogens with zero attached hydrogens (tertiary/aromatic N) is 1. The second-order valence-corrected chi connectivity index (χ2v) is 6.79. The first-order chi connectivity index (χ1) is 13.4. The number of hydrogen-bond donors (Lipinski definition) is 2. The Morgan fingerprint density at radius 3 is 2.46 bits per heavy atom. The molecule has 144 valence electrons. The summed E-state index contributed by atoms with van der Waals surface area (Å²) in [6, 6.07) is 13.1. The van der Waals surface area contributed by atoms with Gasteiger partial charge in [0.15, 0.2) is 0 Å². The van der Waals surface area contributed by atoms with Crippen LogP contribution in [0.3, 0.4) is 0 Å². The highest BCUT2D eigenvalue weighted by Gasteiger charge is 2.38. The maximum Gasteiger partial charge on any atom is 0.335 e. The van der Waals surface area contributed by atoms with Crippen LogP contribution in [0.15, 0.2) is 59.3 Å². The van der Waals surface area contributed by atoms with Gasteiger partial charge >= 0.3 is 5.97 Å². The molecule has 0 bridgehead atoms. The summed E-state index contributed by atoms with van der Waals surface area (Å²) in [7, 11) is 0. The van der Waals surface area contributed by atoms with Crippen molar-refractivity contribution in [1.29, 1.82) is 0 Å². The van der Waals surface area contributed by atoms with E-state index in [0.29, 0.717) is 11.4 Å². The standard InChI is InChI=1S/C21H19ClN2O4/c1-2-3-5-13-8-10-16(11-9-13)24-19(25)17(22)18(20(24)26)23-15-7-4-6-14(12-15)21(27)28/h4,6-12,23H,2-3,5H2,1H3,(H,27,28). The van der Waals surface area contributed by atoms with E-state index in [1.54, 1.807) is 18.2 Å². The lowest BCUT2D eigenvalue weighted by molar-refractivity contribution is -0.120. The molecule has 1 heterocycles. The highest BCUT2D eigenvalue weighted by atomic mass is 35.5. The average Bonchev–Trinajstić information content (AvgIpc) is 2.90. The van der Waals surface area contributed by atoms with Gasteiger partial charge in [-0.1, -0.05) is 43.1 Å². The number of anilines is 2. The Hall–Kier alpha value is -3.12.